The SMILES string of the molecule is Cc1ccc(Oc2nc(C(=O)N[C@H](/C=C/S(C)(=O)=O)C3CC3)ccc2C(C)(F)F)cc1. The summed E-state index contributed by atoms with van der Waals surface area (Å²) < 4.78 is 56.5. The number of rotatable bonds is 8. The van der Waals surface area contributed by atoms with Gasteiger partial charge in [0.05, 0.1) is 11.6 Å². The molecule has 31 heavy (non-hydrogen) atoms. The van der Waals surface area contributed by atoms with Gasteiger partial charge in [-0.25, -0.2) is 22.2 Å². The Morgan fingerprint density at radius 2 is 1.87 bits per heavy atom. The van der Waals surface area contributed by atoms with Gasteiger partial charge in [0, 0.05) is 18.6 Å². The molecule has 1 aliphatic rings. The van der Waals surface area contributed by atoms with Gasteiger partial charge in [-0.3, -0.25) is 4.79 Å². The van der Waals surface area contributed by atoms with Crippen molar-refractivity contribution in [3.05, 3.63) is 64.7 Å². The number of nitrogens with zero attached hydrogens (tertiary/aromatic N) is 1. The molecule has 0 spiro atoms. The predicted molar refractivity (Wildman–Crippen MR) is 113 cm³/mol. The lowest BCUT2D eigenvalue weighted by Gasteiger charge is -2.18. The number of hydrogen-bond donors (Lipinski definition) is 1. The first-order valence-electron chi connectivity index (χ1n) is 9.75. The zero-order valence-electron chi connectivity index (χ0n) is 17.4. The number of amides is 1. The van der Waals surface area contributed by atoms with Crippen LogP contribution >= 0.6 is 0 Å². The van der Waals surface area contributed by atoms with E-state index in [2.05, 4.69) is 10.3 Å². The fourth-order valence-corrected chi connectivity index (χ4v) is 3.38. The summed E-state index contributed by atoms with van der Waals surface area (Å²) in [5.74, 6) is -3.75. The lowest BCUT2D eigenvalue weighted by Crippen LogP contribution is -2.35. The summed E-state index contributed by atoms with van der Waals surface area (Å²) in [6.45, 7) is 2.61. The number of hydrogen-bond acceptors (Lipinski definition) is 5. The van der Waals surface area contributed by atoms with Gasteiger partial charge in [0.25, 0.3) is 11.8 Å². The van der Waals surface area contributed by atoms with E-state index in [4.69, 9.17) is 4.74 Å². The highest BCUT2D eigenvalue weighted by Crippen LogP contribution is 2.36. The molecule has 0 radical (unpaired) electrons. The van der Waals surface area contributed by atoms with E-state index in [1.54, 1.807) is 24.3 Å². The molecule has 1 aliphatic carbocycles. The molecule has 1 aromatic heterocycles. The van der Waals surface area contributed by atoms with Crippen LogP contribution in [0, 0.1) is 12.8 Å². The quantitative estimate of drug-likeness (QED) is 0.646. The van der Waals surface area contributed by atoms with Gasteiger partial charge in [-0.05, 0) is 49.9 Å². The Bertz CT molecular complexity index is 1090. The zero-order valence-corrected chi connectivity index (χ0v) is 18.2. The normalized spacial score (nSPS) is 15.6. The smallest absolute Gasteiger partial charge is 0.275 e. The summed E-state index contributed by atoms with van der Waals surface area (Å²) in [7, 11) is -3.34. The van der Waals surface area contributed by atoms with Gasteiger partial charge in [0.15, 0.2) is 9.84 Å². The van der Waals surface area contributed by atoms with Crippen LogP contribution in [-0.4, -0.2) is 31.6 Å². The number of nitrogens with one attached hydrogen (secondary N) is 1. The van der Waals surface area contributed by atoms with Crippen LogP contribution in [0.4, 0.5) is 8.78 Å². The number of carbonyl (C=O) groups excluding carboxylic acids is 1. The lowest BCUT2D eigenvalue weighted by molar-refractivity contribution is 0.0149. The second-order valence-corrected chi connectivity index (χ2v) is 9.78. The molecule has 1 saturated carbocycles. The summed E-state index contributed by atoms with van der Waals surface area (Å²) in [4.78, 5) is 16.8. The summed E-state index contributed by atoms with van der Waals surface area (Å²) in [6, 6.07) is 8.62. The van der Waals surface area contributed by atoms with Crippen molar-refractivity contribution in [2.45, 2.75) is 38.7 Å². The van der Waals surface area contributed by atoms with Crippen molar-refractivity contribution in [1.82, 2.24) is 10.3 Å². The molecule has 0 bridgehead atoms. The fourth-order valence-electron chi connectivity index (χ4n) is 2.93. The Balaban J connectivity index is 1.87. The van der Waals surface area contributed by atoms with Crippen LogP contribution < -0.4 is 10.1 Å². The summed E-state index contributed by atoms with van der Waals surface area (Å²) >= 11 is 0. The number of carbonyl (C=O) groups is 1. The largest absolute Gasteiger partial charge is 0.438 e. The molecule has 3 rings (SSSR count). The van der Waals surface area contributed by atoms with Gasteiger partial charge in [-0.2, -0.15) is 0 Å². The molecule has 0 saturated heterocycles. The molecule has 1 atom stereocenters. The number of ether oxygens (including phenoxy) is 1. The van der Waals surface area contributed by atoms with Crippen LogP contribution in [0.25, 0.3) is 0 Å². The van der Waals surface area contributed by atoms with Crippen LogP contribution in [0.3, 0.4) is 0 Å². The standard InChI is InChI=1S/C22H24F2N2O4S/c1-14-4-8-16(9-5-14)30-21-17(22(2,23)24)10-11-19(26-21)20(27)25-18(15-6-7-15)12-13-31(3,28)29/h4-5,8-13,15,18H,6-7H2,1-3H3,(H,25,27)/b13-12+/t18-/m1/s1. The van der Waals surface area contributed by atoms with Crippen LogP contribution in [0.1, 0.15) is 41.4 Å². The molecule has 6 nitrogen and oxygen atoms in total. The Morgan fingerprint density at radius 3 is 2.42 bits per heavy atom. The van der Waals surface area contributed by atoms with E-state index in [9.17, 15) is 22.0 Å². The zero-order chi connectivity index (χ0) is 22.8. The maximum absolute atomic E-state index is 14.1. The number of alkyl halides is 2. The second-order valence-electron chi connectivity index (χ2n) is 7.85. The van der Waals surface area contributed by atoms with Gasteiger partial charge in [-0.15, -0.1) is 0 Å². The van der Waals surface area contributed by atoms with Crippen LogP contribution in [0.5, 0.6) is 11.6 Å². The maximum atomic E-state index is 14.1. The fraction of sp³-hybridized carbons (Fsp3) is 0.364. The minimum Gasteiger partial charge on any atom is -0.438 e. The molecule has 2 aromatic rings. The summed E-state index contributed by atoms with van der Waals surface area (Å²) in [5, 5.41) is 3.78. The molecule has 1 heterocycles. The highest BCUT2D eigenvalue weighted by Gasteiger charge is 2.33. The van der Waals surface area contributed by atoms with Crippen molar-refractivity contribution in [3.8, 4) is 11.6 Å². The third-order valence-corrected chi connectivity index (χ3v) is 5.41. The third kappa shape index (κ3) is 6.58. The van der Waals surface area contributed by atoms with E-state index < -0.39 is 33.3 Å². The first kappa shape index (κ1) is 22.9. The first-order valence-corrected chi connectivity index (χ1v) is 11.7. The van der Waals surface area contributed by atoms with E-state index in [0.717, 1.165) is 43.1 Å². The Labute approximate surface area is 180 Å². The van der Waals surface area contributed by atoms with Crippen molar-refractivity contribution in [2.75, 3.05) is 6.26 Å². The average Bonchev–Trinajstić information content (AvgIpc) is 3.50. The minimum absolute atomic E-state index is 0.103. The predicted octanol–water partition coefficient (Wildman–Crippen LogP) is 4.36. The first-order chi connectivity index (χ1) is 14.4. The minimum atomic E-state index is -3.34. The molecule has 1 N–H and O–H groups in total. The number of sulfone groups is 1. The van der Waals surface area contributed by atoms with Gasteiger partial charge >= 0.3 is 0 Å². The van der Waals surface area contributed by atoms with Crippen LogP contribution in [0.2, 0.25) is 0 Å². The van der Waals surface area contributed by atoms with Crippen LogP contribution in [-0.2, 0) is 15.8 Å². The molecule has 1 fully saturated rings. The summed E-state index contributed by atoms with van der Waals surface area (Å²) in [5.41, 5.74) is 0.427. The molecule has 1 aromatic carbocycles. The topological polar surface area (TPSA) is 85.4 Å². The Kier molecular flexibility index (Phi) is 6.45. The van der Waals surface area contributed by atoms with E-state index in [-0.39, 0.29) is 17.5 Å². The van der Waals surface area contributed by atoms with Gasteiger partial charge in [0.2, 0.25) is 5.88 Å². The van der Waals surface area contributed by atoms with Gasteiger partial charge < -0.3 is 10.1 Å². The molecular weight excluding hydrogens is 426 g/mol. The number of aryl methyl sites for hydroxylation is 1. The molecular formula is C22H24F2N2O4S. The van der Waals surface area contributed by atoms with Gasteiger partial charge in [-0.1, -0.05) is 23.8 Å². The van der Waals surface area contributed by atoms with Gasteiger partial charge in [0.1, 0.15) is 11.4 Å². The van der Waals surface area contributed by atoms with Crippen molar-refractivity contribution in [2.24, 2.45) is 5.92 Å². The van der Waals surface area contributed by atoms with E-state index in [0.29, 0.717) is 5.75 Å². The molecule has 9 heteroatoms. The molecule has 0 aliphatic heterocycles. The molecule has 0 unspecified atom stereocenters. The Hall–Kier alpha value is -2.81. The van der Waals surface area contributed by atoms with Crippen molar-refractivity contribution < 1.29 is 26.7 Å². The number of halogens is 2. The van der Waals surface area contributed by atoms with Crippen molar-refractivity contribution >= 4 is 15.7 Å². The summed E-state index contributed by atoms with van der Waals surface area (Å²) in [6.07, 6.45) is 4.21. The second kappa shape index (κ2) is 8.74. The van der Waals surface area contributed by atoms with E-state index in [1.165, 1.54) is 12.1 Å². The lowest BCUT2D eigenvalue weighted by atomic mass is 10.1. The number of aromatic nitrogens is 1. The third-order valence-electron chi connectivity index (χ3n) is 4.76. The molecule has 1 amide bonds. The van der Waals surface area contributed by atoms with E-state index >= 15 is 0 Å². The highest BCUT2D eigenvalue weighted by molar-refractivity contribution is 7.93. The monoisotopic (exact) mass is 450 g/mol. The number of pyridine rings is 1. The number of benzene rings is 1. The molecule has 166 valence electrons. The maximum Gasteiger partial charge on any atom is 0.275 e. The van der Waals surface area contributed by atoms with E-state index in [1.807, 2.05) is 6.92 Å². The highest BCUT2D eigenvalue weighted by atomic mass is 32.2. The van der Waals surface area contributed by atoms with Crippen molar-refractivity contribution in [3.63, 3.8) is 0 Å². The average molecular weight is 451 g/mol. The van der Waals surface area contributed by atoms with Crippen molar-refractivity contribution in [1.29, 1.82) is 0 Å². The Morgan fingerprint density at radius 1 is 1.23 bits per heavy atom. The van der Waals surface area contributed by atoms with Crippen LogP contribution in [0.15, 0.2) is 47.9 Å².